The molecule has 2 amide bonds. The number of amides is 2. The predicted molar refractivity (Wildman–Crippen MR) is 67.4 cm³/mol. The van der Waals surface area contributed by atoms with Gasteiger partial charge in [0.2, 0.25) is 5.91 Å². The van der Waals surface area contributed by atoms with Crippen molar-refractivity contribution in [1.82, 2.24) is 10.6 Å². The summed E-state index contributed by atoms with van der Waals surface area (Å²) in [5.74, 6) is -1.21. The summed E-state index contributed by atoms with van der Waals surface area (Å²) >= 11 is 0. The van der Waals surface area contributed by atoms with Crippen LogP contribution in [0, 0.1) is 0 Å². The lowest BCUT2D eigenvalue weighted by molar-refractivity contribution is -0.137. The van der Waals surface area contributed by atoms with Crippen LogP contribution in [0.1, 0.15) is 15.9 Å². The number of likely N-dealkylation sites (N-methyl/N-ethyl adjacent to an activating group) is 1. The molecule has 0 saturated carbocycles. The van der Waals surface area contributed by atoms with Gasteiger partial charge in [-0.2, -0.15) is 13.2 Å². The van der Waals surface area contributed by atoms with Crippen LogP contribution in [0.4, 0.5) is 18.9 Å². The molecule has 0 unspecified atom stereocenters. The van der Waals surface area contributed by atoms with Crippen LogP contribution in [0.15, 0.2) is 18.2 Å². The minimum atomic E-state index is -4.54. The monoisotopic (exact) mass is 289 g/mol. The third-order valence-corrected chi connectivity index (χ3v) is 2.55. The number of rotatable bonds is 4. The molecule has 0 aliphatic rings. The Kier molecular flexibility index (Phi) is 4.95. The van der Waals surface area contributed by atoms with Gasteiger partial charge in [-0.1, -0.05) is 0 Å². The second kappa shape index (κ2) is 6.27. The lowest BCUT2D eigenvalue weighted by atomic mass is 10.1. The Morgan fingerprint density at radius 3 is 2.35 bits per heavy atom. The van der Waals surface area contributed by atoms with Gasteiger partial charge >= 0.3 is 6.18 Å². The molecular weight excluding hydrogens is 275 g/mol. The Labute approximate surface area is 113 Å². The van der Waals surface area contributed by atoms with Gasteiger partial charge < -0.3 is 16.0 Å². The Bertz CT molecular complexity index is 515. The number of alkyl halides is 3. The van der Waals surface area contributed by atoms with Crippen molar-refractivity contribution in [1.29, 1.82) is 0 Å². The fourth-order valence-corrected chi connectivity index (χ4v) is 1.47. The van der Waals surface area contributed by atoms with E-state index >= 15 is 0 Å². The fraction of sp³-hybridized carbons (Fsp3) is 0.333. The quantitative estimate of drug-likeness (QED) is 0.780. The zero-order valence-electron chi connectivity index (χ0n) is 10.9. The summed E-state index contributed by atoms with van der Waals surface area (Å²) in [5, 5.41) is 7.16. The van der Waals surface area contributed by atoms with E-state index in [0.29, 0.717) is 0 Å². The molecule has 1 aromatic rings. The minimum absolute atomic E-state index is 0.175. The van der Waals surface area contributed by atoms with Crippen LogP contribution in [0.5, 0.6) is 0 Å². The summed E-state index contributed by atoms with van der Waals surface area (Å²) in [6.45, 7) is -0.311. The Balaban J connectivity index is 3.02. The fourth-order valence-electron chi connectivity index (χ4n) is 1.47. The molecule has 0 radical (unpaired) electrons. The smallest absolute Gasteiger partial charge is 0.387 e. The molecule has 20 heavy (non-hydrogen) atoms. The van der Waals surface area contributed by atoms with Crippen LogP contribution in [0.3, 0.4) is 0 Å². The number of anilines is 1. The molecule has 0 atom stereocenters. The average molecular weight is 289 g/mol. The van der Waals surface area contributed by atoms with Crippen molar-refractivity contribution in [3.05, 3.63) is 29.3 Å². The first-order valence-electron chi connectivity index (χ1n) is 5.67. The Morgan fingerprint density at radius 1 is 1.20 bits per heavy atom. The van der Waals surface area contributed by atoms with Crippen LogP contribution in [0.2, 0.25) is 0 Å². The van der Waals surface area contributed by atoms with Crippen molar-refractivity contribution in [3.63, 3.8) is 0 Å². The number of hydrogen-bond donors (Lipinski definition) is 3. The number of hydrogen-bond acceptors (Lipinski definition) is 3. The predicted octanol–water partition coefficient (Wildman–Crippen LogP) is 1.22. The number of carbonyl (C=O) groups excluding carboxylic acids is 2. The van der Waals surface area contributed by atoms with Gasteiger partial charge in [0.1, 0.15) is 0 Å². The van der Waals surface area contributed by atoms with Crippen LogP contribution >= 0.6 is 0 Å². The zero-order chi connectivity index (χ0) is 15.3. The van der Waals surface area contributed by atoms with E-state index in [4.69, 9.17) is 0 Å². The molecule has 1 rings (SSSR count). The second-order valence-electron chi connectivity index (χ2n) is 3.86. The molecule has 5 nitrogen and oxygen atoms in total. The summed E-state index contributed by atoms with van der Waals surface area (Å²) in [5.41, 5.74) is -0.861. The normalized spacial score (nSPS) is 10.8. The van der Waals surface area contributed by atoms with E-state index in [1.54, 1.807) is 0 Å². The van der Waals surface area contributed by atoms with Gasteiger partial charge in [0.25, 0.3) is 5.91 Å². The van der Waals surface area contributed by atoms with E-state index in [0.717, 1.165) is 18.2 Å². The number of halogens is 3. The maximum atomic E-state index is 12.6. The summed E-state index contributed by atoms with van der Waals surface area (Å²) in [6.07, 6.45) is -4.54. The van der Waals surface area contributed by atoms with Crippen LogP contribution < -0.4 is 16.0 Å². The highest BCUT2D eigenvalue weighted by Gasteiger charge is 2.31. The Morgan fingerprint density at radius 2 is 1.85 bits per heavy atom. The molecule has 0 bridgehead atoms. The molecule has 0 aliphatic carbocycles. The van der Waals surface area contributed by atoms with E-state index < -0.39 is 23.6 Å². The van der Waals surface area contributed by atoms with Crippen molar-refractivity contribution in [2.24, 2.45) is 0 Å². The summed E-state index contributed by atoms with van der Waals surface area (Å²) in [4.78, 5) is 22.8. The summed E-state index contributed by atoms with van der Waals surface area (Å²) < 4.78 is 37.9. The average Bonchev–Trinajstić information content (AvgIpc) is 2.42. The largest absolute Gasteiger partial charge is 0.416 e. The molecule has 0 aliphatic heterocycles. The van der Waals surface area contributed by atoms with Gasteiger partial charge in [-0.15, -0.1) is 0 Å². The highest BCUT2D eigenvalue weighted by molar-refractivity contribution is 6.01. The number of nitrogens with one attached hydrogen (secondary N) is 3. The molecule has 8 heteroatoms. The lowest BCUT2D eigenvalue weighted by Crippen LogP contribution is -2.35. The maximum Gasteiger partial charge on any atom is 0.416 e. The first-order valence-corrected chi connectivity index (χ1v) is 5.67. The Hall–Kier alpha value is -2.25. The van der Waals surface area contributed by atoms with Crippen molar-refractivity contribution < 1.29 is 22.8 Å². The summed E-state index contributed by atoms with van der Waals surface area (Å²) in [6, 6.07) is 2.78. The standard InChI is InChI=1S/C12H14F3N3O2/c1-16-9-4-3-7(12(13,14)15)5-8(9)11(20)18-6-10(19)17-2/h3-5,16H,6H2,1-2H3,(H,17,19)(H,18,20). The van der Waals surface area contributed by atoms with Crippen LogP contribution in [-0.2, 0) is 11.0 Å². The van der Waals surface area contributed by atoms with E-state index in [1.807, 2.05) is 0 Å². The molecule has 0 spiro atoms. The van der Waals surface area contributed by atoms with Crippen LogP contribution in [0.25, 0.3) is 0 Å². The molecule has 0 aromatic heterocycles. The molecule has 0 fully saturated rings. The topological polar surface area (TPSA) is 70.2 Å². The summed E-state index contributed by atoms with van der Waals surface area (Å²) in [7, 11) is 2.87. The van der Waals surface area contributed by atoms with Gasteiger partial charge in [0.05, 0.1) is 17.7 Å². The van der Waals surface area contributed by atoms with E-state index in [9.17, 15) is 22.8 Å². The zero-order valence-corrected chi connectivity index (χ0v) is 10.9. The molecule has 1 aromatic carbocycles. The molecule has 3 N–H and O–H groups in total. The van der Waals surface area contributed by atoms with Gasteiger partial charge in [-0.25, -0.2) is 0 Å². The number of carbonyl (C=O) groups is 2. The highest BCUT2D eigenvalue weighted by Crippen LogP contribution is 2.31. The first-order chi connectivity index (χ1) is 9.29. The van der Waals surface area contributed by atoms with Crippen LogP contribution in [-0.4, -0.2) is 32.5 Å². The van der Waals surface area contributed by atoms with Crippen molar-refractivity contribution in [2.75, 3.05) is 26.0 Å². The van der Waals surface area contributed by atoms with Gasteiger partial charge in [-0.05, 0) is 18.2 Å². The van der Waals surface area contributed by atoms with Gasteiger partial charge in [0, 0.05) is 19.8 Å². The van der Waals surface area contributed by atoms with E-state index in [2.05, 4.69) is 16.0 Å². The minimum Gasteiger partial charge on any atom is -0.387 e. The second-order valence-corrected chi connectivity index (χ2v) is 3.86. The third-order valence-electron chi connectivity index (χ3n) is 2.55. The number of benzene rings is 1. The van der Waals surface area contributed by atoms with Crippen molar-refractivity contribution in [3.8, 4) is 0 Å². The SMILES string of the molecule is CNC(=O)CNC(=O)c1cc(C(F)(F)F)ccc1NC. The highest BCUT2D eigenvalue weighted by atomic mass is 19.4. The third kappa shape index (κ3) is 3.87. The molecule has 110 valence electrons. The lowest BCUT2D eigenvalue weighted by Gasteiger charge is -2.13. The molecule has 0 heterocycles. The first kappa shape index (κ1) is 15.8. The molecular formula is C12H14F3N3O2. The van der Waals surface area contributed by atoms with Gasteiger partial charge in [-0.3, -0.25) is 9.59 Å². The maximum absolute atomic E-state index is 12.6. The van der Waals surface area contributed by atoms with Crippen molar-refractivity contribution >= 4 is 17.5 Å². The van der Waals surface area contributed by atoms with Gasteiger partial charge in [0.15, 0.2) is 0 Å². The van der Waals surface area contributed by atoms with Crippen molar-refractivity contribution in [2.45, 2.75) is 6.18 Å². The molecule has 0 saturated heterocycles. The van der Waals surface area contributed by atoms with E-state index in [1.165, 1.54) is 14.1 Å². The van der Waals surface area contributed by atoms with E-state index in [-0.39, 0.29) is 17.8 Å².